The van der Waals surface area contributed by atoms with Crippen LogP contribution in [-0.2, 0) is 14.8 Å². The molecule has 1 saturated carbocycles. The van der Waals surface area contributed by atoms with Gasteiger partial charge in [0, 0.05) is 24.4 Å². The van der Waals surface area contributed by atoms with Crippen LogP contribution < -0.4 is 9.62 Å². The van der Waals surface area contributed by atoms with Crippen LogP contribution in [0.15, 0.2) is 28.0 Å². The van der Waals surface area contributed by atoms with Crippen LogP contribution in [0.3, 0.4) is 0 Å². The van der Waals surface area contributed by atoms with Crippen molar-refractivity contribution in [2.24, 2.45) is 0 Å². The minimum absolute atomic E-state index is 0.0390. The van der Waals surface area contributed by atoms with E-state index in [-0.39, 0.29) is 16.8 Å². The van der Waals surface area contributed by atoms with E-state index < -0.39 is 10.0 Å². The maximum atomic E-state index is 12.6. The van der Waals surface area contributed by atoms with E-state index in [2.05, 4.69) is 4.72 Å². The first-order valence-electron chi connectivity index (χ1n) is 8.05. The Morgan fingerprint density at radius 1 is 1.26 bits per heavy atom. The fourth-order valence-corrected chi connectivity index (χ4v) is 5.48. The van der Waals surface area contributed by atoms with Gasteiger partial charge in [0.05, 0.1) is 10.6 Å². The van der Waals surface area contributed by atoms with Crippen LogP contribution >= 0.6 is 11.8 Å². The number of amides is 1. The Bertz CT molecular complexity index is 697. The number of nitrogens with one attached hydrogen (secondary N) is 1. The Balaban J connectivity index is 1.93. The van der Waals surface area contributed by atoms with Gasteiger partial charge in [0.15, 0.2) is 0 Å². The van der Waals surface area contributed by atoms with E-state index in [1.807, 2.05) is 6.07 Å². The van der Waals surface area contributed by atoms with Gasteiger partial charge in [0.2, 0.25) is 15.9 Å². The second-order valence-electron chi connectivity index (χ2n) is 6.10. The quantitative estimate of drug-likeness (QED) is 0.906. The molecule has 7 heteroatoms. The highest BCUT2D eigenvalue weighted by Gasteiger charge is 2.26. The van der Waals surface area contributed by atoms with Crippen LogP contribution in [0.2, 0.25) is 0 Å². The number of benzene rings is 1. The maximum Gasteiger partial charge on any atom is 0.240 e. The highest BCUT2D eigenvalue weighted by molar-refractivity contribution is 7.99. The van der Waals surface area contributed by atoms with Crippen LogP contribution in [-0.4, -0.2) is 32.7 Å². The third-order valence-corrected chi connectivity index (χ3v) is 7.04. The van der Waals surface area contributed by atoms with Gasteiger partial charge in [-0.1, -0.05) is 12.8 Å². The van der Waals surface area contributed by atoms with Crippen molar-refractivity contribution in [2.75, 3.05) is 17.2 Å². The van der Waals surface area contributed by atoms with Gasteiger partial charge in [0.1, 0.15) is 0 Å². The highest BCUT2D eigenvalue weighted by atomic mass is 32.2. The van der Waals surface area contributed by atoms with Gasteiger partial charge in [-0.05, 0) is 43.2 Å². The average molecular weight is 354 g/mol. The number of fused-ring (bicyclic) bond motifs is 1. The molecule has 0 atom stereocenters. The Hall–Kier alpha value is -1.05. The summed E-state index contributed by atoms with van der Waals surface area (Å²) in [5.41, 5.74) is 0.717. The molecule has 0 saturated heterocycles. The first-order valence-corrected chi connectivity index (χ1v) is 10.5. The largest absolute Gasteiger partial charge is 0.311 e. The SMILES string of the molecule is CC(=O)N1CCCSc2ccc(S(=O)(=O)NC3CCCC3)cc21. The summed E-state index contributed by atoms with van der Waals surface area (Å²) < 4.78 is 28.0. The van der Waals surface area contributed by atoms with Crippen molar-refractivity contribution in [3.8, 4) is 0 Å². The average Bonchev–Trinajstić information content (AvgIpc) is 2.89. The summed E-state index contributed by atoms with van der Waals surface area (Å²) in [7, 11) is -3.54. The zero-order valence-electron chi connectivity index (χ0n) is 13.2. The van der Waals surface area contributed by atoms with Gasteiger partial charge >= 0.3 is 0 Å². The molecule has 23 heavy (non-hydrogen) atoms. The highest BCUT2D eigenvalue weighted by Crippen LogP contribution is 2.35. The lowest BCUT2D eigenvalue weighted by Crippen LogP contribution is -2.33. The monoisotopic (exact) mass is 354 g/mol. The van der Waals surface area contributed by atoms with Crippen LogP contribution in [0, 0.1) is 0 Å². The smallest absolute Gasteiger partial charge is 0.240 e. The molecule has 1 aliphatic heterocycles. The number of hydrogen-bond donors (Lipinski definition) is 1. The van der Waals surface area contributed by atoms with Crippen LogP contribution in [0.5, 0.6) is 0 Å². The predicted molar refractivity (Wildman–Crippen MR) is 92.4 cm³/mol. The first-order chi connectivity index (χ1) is 11.0. The van der Waals surface area contributed by atoms with E-state index in [4.69, 9.17) is 0 Å². The minimum Gasteiger partial charge on any atom is -0.311 e. The number of thioether (sulfide) groups is 1. The number of nitrogens with zero attached hydrogens (tertiary/aromatic N) is 1. The molecule has 0 unspecified atom stereocenters. The Morgan fingerprint density at radius 3 is 2.70 bits per heavy atom. The predicted octanol–water partition coefficient (Wildman–Crippen LogP) is 2.76. The molecule has 1 aliphatic carbocycles. The van der Waals surface area contributed by atoms with Crippen molar-refractivity contribution in [1.82, 2.24) is 4.72 Å². The number of rotatable bonds is 3. The lowest BCUT2D eigenvalue weighted by atomic mass is 10.2. The molecule has 0 bridgehead atoms. The second-order valence-corrected chi connectivity index (χ2v) is 8.96. The van der Waals surface area contributed by atoms with Gasteiger partial charge < -0.3 is 4.90 Å². The summed E-state index contributed by atoms with van der Waals surface area (Å²) in [5, 5.41) is 0. The van der Waals surface area contributed by atoms with Gasteiger partial charge in [-0.25, -0.2) is 13.1 Å². The van der Waals surface area contributed by atoms with Crippen LogP contribution in [0.1, 0.15) is 39.0 Å². The molecule has 0 radical (unpaired) electrons. The molecule has 0 aromatic heterocycles. The first kappa shape index (κ1) is 16.8. The molecule has 1 heterocycles. The molecular weight excluding hydrogens is 332 g/mol. The zero-order chi connectivity index (χ0) is 16.4. The molecule has 0 spiro atoms. The molecule has 1 aromatic carbocycles. The van der Waals surface area contributed by atoms with E-state index in [0.29, 0.717) is 12.2 Å². The number of carbonyl (C=O) groups is 1. The Morgan fingerprint density at radius 2 is 2.00 bits per heavy atom. The van der Waals surface area contributed by atoms with Crippen molar-refractivity contribution in [2.45, 2.75) is 54.9 Å². The third-order valence-electron chi connectivity index (χ3n) is 4.37. The van der Waals surface area contributed by atoms with Gasteiger partial charge in [-0.3, -0.25) is 4.79 Å². The Labute approximate surface area is 141 Å². The standard InChI is InChI=1S/C16H22N2O3S2/c1-12(19)18-9-4-10-22-16-8-7-14(11-15(16)18)23(20,21)17-13-5-2-3-6-13/h7-8,11,13,17H,2-6,9-10H2,1H3. The number of carbonyl (C=O) groups excluding carboxylic acids is 1. The third kappa shape index (κ3) is 3.72. The van der Waals surface area contributed by atoms with Crippen molar-refractivity contribution in [3.05, 3.63) is 18.2 Å². The molecule has 1 aromatic rings. The number of sulfonamides is 1. The lowest BCUT2D eigenvalue weighted by Gasteiger charge is -2.22. The second kappa shape index (κ2) is 6.83. The van der Waals surface area contributed by atoms with E-state index in [1.54, 1.807) is 28.8 Å². The molecule has 3 rings (SSSR count). The normalized spacial score (nSPS) is 19.4. The molecule has 1 N–H and O–H groups in total. The van der Waals surface area contributed by atoms with Gasteiger partial charge in [-0.2, -0.15) is 0 Å². The zero-order valence-corrected chi connectivity index (χ0v) is 14.9. The van der Waals surface area contributed by atoms with Crippen molar-refractivity contribution in [1.29, 1.82) is 0 Å². The summed E-state index contributed by atoms with van der Waals surface area (Å²) >= 11 is 1.67. The summed E-state index contributed by atoms with van der Waals surface area (Å²) in [5.74, 6) is 0.885. The van der Waals surface area contributed by atoms with Crippen molar-refractivity contribution < 1.29 is 13.2 Å². The minimum atomic E-state index is -3.54. The summed E-state index contributed by atoms with van der Waals surface area (Å²) in [6.45, 7) is 2.16. The van der Waals surface area contributed by atoms with E-state index >= 15 is 0 Å². The molecular formula is C16H22N2O3S2. The summed E-state index contributed by atoms with van der Waals surface area (Å²) in [4.78, 5) is 14.8. The lowest BCUT2D eigenvalue weighted by molar-refractivity contribution is -0.116. The Kier molecular flexibility index (Phi) is 4.98. The molecule has 1 amide bonds. The van der Waals surface area contributed by atoms with Crippen molar-refractivity contribution >= 4 is 33.4 Å². The fourth-order valence-electron chi connectivity index (χ4n) is 3.18. The van der Waals surface area contributed by atoms with Crippen LogP contribution in [0.4, 0.5) is 5.69 Å². The molecule has 126 valence electrons. The number of anilines is 1. The topological polar surface area (TPSA) is 66.5 Å². The fraction of sp³-hybridized carbons (Fsp3) is 0.562. The number of hydrogen-bond acceptors (Lipinski definition) is 4. The summed E-state index contributed by atoms with van der Waals surface area (Å²) in [6, 6.07) is 5.15. The van der Waals surface area contributed by atoms with Crippen molar-refractivity contribution in [3.63, 3.8) is 0 Å². The molecule has 5 nitrogen and oxygen atoms in total. The van der Waals surface area contributed by atoms with E-state index in [9.17, 15) is 13.2 Å². The van der Waals surface area contributed by atoms with E-state index in [0.717, 1.165) is 42.8 Å². The molecule has 2 aliphatic rings. The van der Waals surface area contributed by atoms with Gasteiger partial charge in [0.25, 0.3) is 0 Å². The summed E-state index contributed by atoms with van der Waals surface area (Å²) in [6.07, 6.45) is 4.86. The van der Waals surface area contributed by atoms with E-state index in [1.165, 1.54) is 6.92 Å². The van der Waals surface area contributed by atoms with Gasteiger partial charge in [-0.15, -0.1) is 11.8 Å². The maximum absolute atomic E-state index is 12.6. The molecule has 1 fully saturated rings. The van der Waals surface area contributed by atoms with Crippen LogP contribution in [0.25, 0.3) is 0 Å².